The number of rotatable bonds is 1. The number of hydrogen-bond acceptors (Lipinski definition) is 6. The Bertz CT molecular complexity index is 1510. The van der Waals surface area contributed by atoms with Crippen LogP contribution in [0.15, 0.2) is 48.6 Å². The van der Waals surface area contributed by atoms with E-state index < -0.39 is 27.6 Å². The van der Waals surface area contributed by atoms with E-state index in [0.29, 0.717) is 24.5 Å². The van der Waals surface area contributed by atoms with Gasteiger partial charge in [0.1, 0.15) is 12.0 Å². The maximum atomic E-state index is 13.7. The molecule has 7 nitrogen and oxygen atoms in total. The van der Waals surface area contributed by atoms with Gasteiger partial charge in [0.25, 0.3) is 0 Å². The van der Waals surface area contributed by atoms with Crippen molar-refractivity contribution in [3.63, 3.8) is 0 Å². The third-order valence-corrected chi connectivity index (χ3v) is 13.2. The maximum Gasteiger partial charge on any atom is 0.217 e. The minimum atomic E-state index is -3.81. The van der Waals surface area contributed by atoms with Gasteiger partial charge in [-0.05, 0) is 116 Å². The average molecular weight is 627 g/mol. The molecule has 43 heavy (non-hydrogen) atoms. The van der Waals surface area contributed by atoms with Gasteiger partial charge in [0.05, 0.1) is 23.6 Å². The maximum absolute atomic E-state index is 13.7. The van der Waals surface area contributed by atoms with Gasteiger partial charge in [-0.15, -0.1) is 0 Å². The Morgan fingerprint density at radius 2 is 1.88 bits per heavy atom. The summed E-state index contributed by atoms with van der Waals surface area (Å²) < 4.78 is 36.6. The SMILES string of the molecule is C[C@@H]1C/C=C/[C@H](O)[C@@H]2CC[C@H]2CN2C[C@@]3(CCCc4cc(Cl)ccc43)COc3ccc(cc32)C(O)NS(=O)(=O)[C@@H]1C1CC1. The molecule has 2 bridgehead atoms. The van der Waals surface area contributed by atoms with E-state index in [-0.39, 0.29) is 23.2 Å². The topological polar surface area (TPSA) is 99.1 Å². The van der Waals surface area contributed by atoms with Crippen LogP contribution in [0.25, 0.3) is 0 Å². The molecule has 9 heteroatoms. The molecule has 232 valence electrons. The highest BCUT2D eigenvalue weighted by Crippen LogP contribution is 2.47. The number of ether oxygens (including phenoxy) is 1. The van der Waals surface area contributed by atoms with Crippen LogP contribution in [0.4, 0.5) is 5.69 Å². The monoisotopic (exact) mass is 626 g/mol. The van der Waals surface area contributed by atoms with E-state index in [1.54, 1.807) is 6.07 Å². The molecule has 3 N–H and O–H groups in total. The zero-order valence-corrected chi connectivity index (χ0v) is 26.4. The highest BCUT2D eigenvalue weighted by atomic mass is 35.5. The highest BCUT2D eigenvalue weighted by Gasteiger charge is 2.46. The van der Waals surface area contributed by atoms with E-state index in [1.807, 2.05) is 37.3 Å². The molecule has 0 saturated heterocycles. The number of allylic oxidation sites excluding steroid dienone is 1. The molecule has 3 aliphatic carbocycles. The third kappa shape index (κ3) is 5.63. The molecule has 2 aromatic carbocycles. The van der Waals surface area contributed by atoms with Crippen molar-refractivity contribution in [2.45, 2.75) is 81.3 Å². The van der Waals surface area contributed by atoms with Crippen molar-refractivity contribution < 1.29 is 23.4 Å². The number of hydrogen-bond donors (Lipinski definition) is 3. The number of aliphatic hydroxyl groups excluding tert-OH is 2. The van der Waals surface area contributed by atoms with Crippen molar-refractivity contribution in [3.05, 3.63) is 70.3 Å². The predicted molar refractivity (Wildman–Crippen MR) is 169 cm³/mol. The van der Waals surface area contributed by atoms with Crippen LogP contribution in [0.1, 0.15) is 74.8 Å². The summed E-state index contributed by atoms with van der Waals surface area (Å²) >= 11 is 6.41. The number of anilines is 1. The molecule has 1 spiro atoms. The molecule has 2 fully saturated rings. The molecular weight excluding hydrogens is 584 g/mol. The predicted octanol–water partition coefficient (Wildman–Crippen LogP) is 5.49. The second-order valence-corrected chi connectivity index (χ2v) is 16.1. The smallest absolute Gasteiger partial charge is 0.217 e. The molecular formula is C34H43ClN2O5S. The number of nitrogens with one attached hydrogen (secondary N) is 1. The summed E-state index contributed by atoms with van der Waals surface area (Å²) in [6.45, 7) is 3.98. The van der Waals surface area contributed by atoms with Gasteiger partial charge in [0.2, 0.25) is 10.0 Å². The van der Waals surface area contributed by atoms with E-state index >= 15 is 0 Å². The molecule has 2 saturated carbocycles. The first-order valence-corrected chi connectivity index (χ1v) is 17.9. The summed E-state index contributed by atoms with van der Waals surface area (Å²) in [6, 6.07) is 11.8. The Labute approximate surface area is 260 Å². The molecule has 7 atom stereocenters. The lowest BCUT2D eigenvalue weighted by molar-refractivity contribution is 0.0455. The first-order valence-electron chi connectivity index (χ1n) is 16.0. The fourth-order valence-electron chi connectivity index (χ4n) is 8.32. The second-order valence-electron chi connectivity index (χ2n) is 13.8. The summed E-state index contributed by atoms with van der Waals surface area (Å²) in [5, 5.41) is 22.7. The highest BCUT2D eigenvalue weighted by molar-refractivity contribution is 7.90. The fraction of sp³-hybridized carbons (Fsp3) is 0.588. The quantitative estimate of drug-likeness (QED) is 0.363. The summed E-state index contributed by atoms with van der Waals surface area (Å²) in [6.07, 6.45) is 9.30. The number of aryl methyl sites for hydroxylation is 1. The van der Waals surface area contributed by atoms with E-state index in [9.17, 15) is 18.6 Å². The first-order chi connectivity index (χ1) is 20.6. The van der Waals surface area contributed by atoms with Crippen molar-refractivity contribution in [3.8, 4) is 5.75 Å². The fourth-order valence-corrected chi connectivity index (χ4v) is 10.6. The number of nitrogens with zero attached hydrogens (tertiary/aromatic N) is 1. The van der Waals surface area contributed by atoms with E-state index in [4.69, 9.17) is 16.3 Å². The molecule has 2 heterocycles. The first kappa shape index (κ1) is 29.6. The van der Waals surface area contributed by atoms with Crippen molar-refractivity contribution >= 4 is 27.3 Å². The number of halogens is 1. The average Bonchev–Trinajstić information content (AvgIpc) is 3.78. The minimum absolute atomic E-state index is 0.0910. The van der Waals surface area contributed by atoms with Gasteiger partial charge in [-0.3, -0.25) is 0 Å². The van der Waals surface area contributed by atoms with Gasteiger partial charge in [-0.1, -0.05) is 42.8 Å². The molecule has 0 radical (unpaired) electrons. The summed E-state index contributed by atoms with van der Waals surface area (Å²) in [4.78, 5) is 2.38. The second kappa shape index (κ2) is 11.4. The number of benzene rings is 2. The standard InChI is InChI=1S/C34H43ClN2O5S/c1-21-4-2-6-30(38)27-12-9-25(27)18-37-19-34(15-3-5-23-16-26(35)11-13-28(23)34)20-42-31-14-10-24(17-29(31)37)33(39)36-43(40,41)32(21)22-7-8-22/h2,6,10-11,13-14,16-17,21-22,25,27,30,32-33,36,38-39H,3-5,7-9,12,15,18-20H2,1H3/b6-2+/t21-,25+,27-,30+,32+,33?,34+/m1/s1. The third-order valence-electron chi connectivity index (χ3n) is 10.9. The van der Waals surface area contributed by atoms with Crippen LogP contribution in [0.3, 0.4) is 0 Å². The van der Waals surface area contributed by atoms with Crippen molar-refractivity contribution in [2.24, 2.45) is 23.7 Å². The lowest BCUT2D eigenvalue weighted by Crippen LogP contribution is -2.49. The molecule has 0 aromatic heterocycles. The Kier molecular flexibility index (Phi) is 7.82. The van der Waals surface area contributed by atoms with Gasteiger partial charge in [-0.25, -0.2) is 8.42 Å². The molecule has 5 aliphatic rings. The van der Waals surface area contributed by atoms with Crippen molar-refractivity contribution in [1.29, 1.82) is 0 Å². The Morgan fingerprint density at radius 3 is 2.65 bits per heavy atom. The largest absolute Gasteiger partial charge is 0.490 e. The van der Waals surface area contributed by atoms with Crippen LogP contribution in [0.5, 0.6) is 5.75 Å². The summed E-state index contributed by atoms with van der Waals surface area (Å²) in [5.41, 5.74) is 3.69. The van der Waals surface area contributed by atoms with Crippen LogP contribution in [0.2, 0.25) is 5.02 Å². The Morgan fingerprint density at radius 1 is 1.07 bits per heavy atom. The van der Waals surface area contributed by atoms with Gasteiger partial charge in [-0.2, -0.15) is 4.72 Å². The van der Waals surface area contributed by atoms with Crippen molar-refractivity contribution in [1.82, 2.24) is 4.72 Å². The summed E-state index contributed by atoms with van der Waals surface area (Å²) in [7, 11) is -3.81. The van der Waals surface area contributed by atoms with Crippen LogP contribution >= 0.6 is 11.6 Å². The number of fused-ring (bicyclic) bond motifs is 4. The zero-order valence-electron chi connectivity index (χ0n) is 24.8. The number of sulfonamides is 1. The minimum Gasteiger partial charge on any atom is -0.490 e. The lowest BCUT2D eigenvalue weighted by Gasteiger charge is -2.45. The van der Waals surface area contributed by atoms with Gasteiger partial charge < -0.3 is 19.8 Å². The Balaban J connectivity index is 1.29. The molecule has 7 rings (SSSR count). The lowest BCUT2D eigenvalue weighted by atomic mass is 9.68. The van der Waals surface area contributed by atoms with Crippen LogP contribution in [-0.4, -0.2) is 49.7 Å². The van der Waals surface area contributed by atoms with E-state index in [2.05, 4.69) is 21.8 Å². The molecule has 2 aliphatic heterocycles. The normalized spacial score (nSPS) is 36.4. The summed E-state index contributed by atoms with van der Waals surface area (Å²) in [5.74, 6) is 1.16. The van der Waals surface area contributed by atoms with Gasteiger partial charge >= 0.3 is 0 Å². The van der Waals surface area contributed by atoms with Crippen LogP contribution in [-0.2, 0) is 21.9 Å². The van der Waals surface area contributed by atoms with Gasteiger partial charge in [0, 0.05) is 23.5 Å². The van der Waals surface area contributed by atoms with Crippen LogP contribution < -0.4 is 14.4 Å². The molecule has 1 unspecified atom stereocenters. The Hall–Kier alpha value is -2.10. The molecule has 2 aromatic rings. The van der Waals surface area contributed by atoms with Gasteiger partial charge in [0.15, 0.2) is 0 Å². The van der Waals surface area contributed by atoms with Crippen molar-refractivity contribution in [2.75, 3.05) is 24.6 Å². The van der Waals surface area contributed by atoms with Crippen LogP contribution in [0, 0.1) is 23.7 Å². The van der Waals surface area contributed by atoms with E-state index in [0.717, 1.165) is 74.5 Å². The number of aliphatic hydroxyl groups is 2. The zero-order chi connectivity index (χ0) is 29.9. The van der Waals surface area contributed by atoms with E-state index in [1.165, 1.54) is 11.1 Å². The molecule has 0 amide bonds.